The van der Waals surface area contributed by atoms with Gasteiger partial charge in [0.1, 0.15) is 5.82 Å². The SMILES string of the molecule is Cc1c(F)cccc1Nc1c(-c2ccncc2C#CC2(C)COC2)[nH]c2c1C(=O)NCC2. The van der Waals surface area contributed by atoms with Gasteiger partial charge in [-0.15, -0.1) is 0 Å². The van der Waals surface area contributed by atoms with Crippen molar-refractivity contribution in [2.24, 2.45) is 5.41 Å². The van der Waals surface area contributed by atoms with Crippen LogP contribution in [0.5, 0.6) is 0 Å². The number of benzene rings is 1. The third-order valence-electron chi connectivity index (χ3n) is 5.92. The van der Waals surface area contributed by atoms with Crippen LogP contribution in [0.25, 0.3) is 11.3 Å². The highest BCUT2D eigenvalue weighted by Gasteiger charge is 2.31. The minimum atomic E-state index is -0.308. The zero-order chi connectivity index (χ0) is 22.3. The molecule has 0 bridgehead atoms. The fourth-order valence-electron chi connectivity index (χ4n) is 3.99. The molecule has 2 aliphatic rings. The smallest absolute Gasteiger partial charge is 0.255 e. The van der Waals surface area contributed by atoms with Crippen LogP contribution in [-0.4, -0.2) is 35.6 Å². The molecule has 1 saturated heterocycles. The maximum Gasteiger partial charge on any atom is 0.255 e. The van der Waals surface area contributed by atoms with E-state index in [1.807, 2.05) is 6.07 Å². The van der Waals surface area contributed by atoms with Crippen LogP contribution in [0.3, 0.4) is 0 Å². The first-order chi connectivity index (χ1) is 15.5. The lowest BCUT2D eigenvalue weighted by molar-refractivity contribution is -0.0648. The van der Waals surface area contributed by atoms with E-state index in [2.05, 4.69) is 39.4 Å². The summed E-state index contributed by atoms with van der Waals surface area (Å²) < 4.78 is 19.5. The number of amides is 1. The second-order valence-corrected chi connectivity index (χ2v) is 8.50. The quantitative estimate of drug-likeness (QED) is 0.550. The number of aromatic nitrogens is 2. The molecule has 0 unspecified atom stereocenters. The molecule has 32 heavy (non-hydrogen) atoms. The van der Waals surface area contributed by atoms with Crippen molar-refractivity contribution in [3.63, 3.8) is 0 Å². The van der Waals surface area contributed by atoms with Crippen molar-refractivity contribution < 1.29 is 13.9 Å². The molecule has 1 fully saturated rings. The molecule has 4 heterocycles. The predicted molar refractivity (Wildman–Crippen MR) is 120 cm³/mol. The molecule has 3 aromatic rings. The Bertz CT molecular complexity index is 1280. The molecule has 6 nitrogen and oxygen atoms in total. The monoisotopic (exact) mass is 430 g/mol. The molecule has 7 heteroatoms. The standard InChI is InChI=1S/C25H23FN4O2/c1-15-18(26)4-3-5-19(15)29-23-21-20(8-11-28-24(21)31)30-22(23)17-7-10-27-12-16(17)6-9-25(2)13-32-14-25/h3-5,7,10,12,29-30H,8,11,13-14H2,1-2H3,(H,28,31). The number of ether oxygens (including phenoxy) is 1. The summed E-state index contributed by atoms with van der Waals surface area (Å²) in [7, 11) is 0. The lowest BCUT2D eigenvalue weighted by atomic mass is 9.89. The maximum absolute atomic E-state index is 14.2. The topological polar surface area (TPSA) is 79.0 Å². The van der Waals surface area contributed by atoms with Gasteiger partial charge in [-0.3, -0.25) is 9.78 Å². The Morgan fingerprint density at radius 1 is 1.28 bits per heavy atom. The average Bonchev–Trinajstić information content (AvgIpc) is 3.14. The lowest BCUT2D eigenvalue weighted by Gasteiger charge is -2.32. The van der Waals surface area contributed by atoms with Crippen molar-refractivity contribution >= 4 is 17.3 Å². The summed E-state index contributed by atoms with van der Waals surface area (Å²) >= 11 is 0. The summed E-state index contributed by atoms with van der Waals surface area (Å²) in [4.78, 5) is 20.5. The fraction of sp³-hybridized carbons (Fsp3) is 0.280. The minimum absolute atomic E-state index is 0.161. The minimum Gasteiger partial charge on any atom is -0.378 e. The third kappa shape index (κ3) is 3.53. The summed E-state index contributed by atoms with van der Waals surface area (Å²) in [6.45, 7) is 5.56. The van der Waals surface area contributed by atoms with E-state index in [0.29, 0.717) is 48.7 Å². The van der Waals surface area contributed by atoms with E-state index in [1.54, 1.807) is 31.5 Å². The first-order valence-electron chi connectivity index (χ1n) is 10.6. The zero-order valence-electron chi connectivity index (χ0n) is 17.9. The van der Waals surface area contributed by atoms with Gasteiger partial charge in [-0.25, -0.2) is 4.39 Å². The largest absolute Gasteiger partial charge is 0.378 e. The molecule has 162 valence electrons. The van der Waals surface area contributed by atoms with Gasteiger partial charge in [0.2, 0.25) is 0 Å². The number of fused-ring (bicyclic) bond motifs is 1. The molecule has 2 aliphatic heterocycles. The molecule has 0 spiro atoms. The van der Waals surface area contributed by atoms with E-state index in [1.165, 1.54) is 6.07 Å². The Hall–Kier alpha value is -3.63. The second-order valence-electron chi connectivity index (χ2n) is 8.50. The lowest BCUT2D eigenvalue weighted by Crippen LogP contribution is -2.38. The number of nitrogens with zero attached hydrogens (tertiary/aromatic N) is 1. The van der Waals surface area contributed by atoms with Gasteiger partial charge in [0.05, 0.1) is 41.1 Å². The van der Waals surface area contributed by atoms with Gasteiger partial charge in [0.25, 0.3) is 5.91 Å². The van der Waals surface area contributed by atoms with Crippen LogP contribution >= 0.6 is 0 Å². The Morgan fingerprint density at radius 3 is 2.91 bits per heavy atom. The number of halogens is 1. The zero-order valence-corrected chi connectivity index (χ0v) is 17.9. The van der Waals surface area contributed by atoms with Crippen molar-refractivity contribution in [3.8, 4) is 23.1 Å². The molecule has 0 radical (unpaired) electrons. The van der Waals surface area contributed by atoms with Gasteiger partial charge < -0.3 is 20.4 Å². The van der Waals surface area contributed by atoms with Crippen molar-refractivity contribution in [1.82, 2.24) is 15.3 Å². The Kier molecular flexibility index (Phi) is 4.95. The first-order valence-corrected chi connectivity index (χ1v) is 10.6. The molecule has 0 aliphatic carbocycles. The summed E-state index contributed by atoms with van der Waals surface area (Å²) in [6.07, 6.45) is 4.10. The van der Waals surface area contributed by atoms with Gasteiger partial charge in [-0.2, -0.15) is 0 Å². The van der Waals surface area contributed by atoms with E-state index in [0.717, 1.165) is 22.5 Å². The fourth-order valence-corrected chi connectivity index (χ4v) is 3.99. The third-order valence-corrected chi connectivity index (χ3v) is 5.92. The second kappa shape index (κ2) is 7.81. The highest BCUT2D eigenvalue weighted by molar-refractivity contribution is 6.06. The van der Waals surface area contributed by atoms with Gasteiger partial charge in [0, 0.05) is 47.9 Å². The molecule has 1 amide bonds. The normalized spacial score (nSPS) is 16.3. The highest BCUT2D eigenvalue weighted by Crippen LogP contribution is 2.38. The molecule has 0 saturated carbocycles. The van der Waals surface area contributed by atoms with Crippen LogP contribution in [0, 0.1) is 30.0 Å². The molecular formula is C25H23FN4O2. The van der Waals surface area contributed by atoms with E-state index in [4.69, 9.17) is 4.74 Å². The number of anilines is 2. The van der Waals surface area contributed by atoms with Gasteiger partial charge >= 0.3 is 0 Å². The predicted octanol–water partition coefficient (Wildman–Crippen LogP) is 3.94. The molecule has 2 aromatic heterocycles. The Labute approximate surface area is 185 Å². The van der Waals surface area contributed by atoms with Crippen molar-refractivity contribution in [3.05, 3.63) is 64.9 Å². The van der Waals surface area contributed by atoms with Crippen molar-refractivity contribution in [2.45, 2.75) is 20.3 Å². The first kappa shape index (κ1) is 20.3. The van der Waals surface area contributed by atoms with E-state index >= 15 is 0 Å². The molecular weight excluding hydrogens is 407 g/mol. The summed E-state index contributed by atoms with van der Waals surface area (Å²) in [5, 5.41) is 6.22. The number of rotatable bonds is 3. The number of aromatic amines is 1. The van der Waals surface area contributed by atoms with E-state index in [-0.39, 0.29) is 17.1 Å². The Balaban J connectivity index is 1.66. The van der Waals surface area contributed by atoms with Crippen molar-refractivity contribution in [2.75, 3.05) is 25.1 Å². The Morgan fingerprint density at radius 2 is 2.12 bits per heavy atom. The number of nitrogens with one attached hydrogen (secondary N) is 3. The van der Waals surface area contributed by atoms with Crippen LogP contribution in [0.1, 0.15) is 34.1 Å². The van der Waals surface area contributed by atoms with Gasteiger partial charge in [-0.1, -0.05) is 17.9 Å². The molecule has 5 rings (SSSR count). The molecule has 3 N–H and O–H groups in total. The van der Waals surface area contributed by atoms with Gasteiger partial charge in [0.15, 0.2) is 0 Å². The number of pyridine rings is 1. The molecule has 0 atom stereocenters. The number of H-pyrrole nitrogens is 1. The van der Waals surface area contributed by atoms with E-state index in [9.17, 15) is 9.18 Å². The van der Waals surface area contributed by atoms with Crippen LogP contribution in [0.2, 0.25) is 0 Å². The number of carbonyl (C=O) groups excluding carboxylic acids is 1. The summed E-state index contributed by atoms with van der Waals surface area (Å²) in [6, 6.07) is 6.74. The highest BCUT2D eigenvalue weighted by atomic mass is 19.1. The maximum atomic E-state index is 14.2. The summed E-state index contributed by atoms with van der Waals surface area (Å²) in [5.74, 6) is 6.09. The van der Waals surface area contributed by atoms with Crippen LogP contribution in [0.4, 0.5) is 15.8 Å². The number of hydrogen-bond acceptors (Lipinski definition) is 4. The number of hydrogen-bond donors (Lipinski definition) is 3. The average molecular weight is 430 g/mol. The van der Waals surface area contributed by atoms with Crippen molar-refractivity contribution in [1.29, 1.82) is 0 Å². The van der Waals surface area contributed by atoms with Crippen LogP contribution in [0.15, 0.2) is 36.7 Å². The van der Waals surface area contributed by atoms with Crippen LogP contribution in [-0.2, 0) is 11.2 Å². The van der Waals surface area contributed by atoms with Crippen LogP contribution < -0.4 is 10.6 Å². The number of carbonyl (C=O) groups is 1. The summed E-state index contributed by atoms with van der Waals surface area (Å²) in [5.41, 5.74) is 5.23. The van der Waals surface area contributed by atoms with E-state index < -0.39 is 0 Å². The van der Waals surface area contributed by atoms with Gasteiger partial charge in [-0.05, 0) is 32.0 Å². The molecule has 1 aromatic carbocycles.